The highest BCUT2D eigenvalue weighted by Gasteiger charge is 1.92. The molecule has 0 unspecified atom stereocenters. The van der Waals surface area contributed by atoms with E-state index < -0.39 is 0 Å². The molecule has 0 saturated carbocycles. The zero-order valence-corrected chi connectivity index (χ0v) is 5.50. The first-order valence-corrected chi connectivity index (χ1v) is 2.69. The van der Waals surface area contributed by atoms with Crippen LogP contribution in [0, 0.1) is 0 Å². The normalized spacial score (nSPS) is 9.12. The molecule has 0 fully saturated rings. The summed E-state index contributed by atoms with van der Waals surface area (Å²) in [7, 11) is 0. The Labute approximate surface area is 54.7 Å². The van der Waals surface area contributed by atoms with Crippen molar-refractivity contribution >= 4 is 22.4 Å². The molecule has 0 aliphatic rings. The monoisotopic (exact) mass is 174 g/mol. The second-order valence-corrected chi connectivity index (χ2v) is 2.01. The van der Waals surface area contributed by atoms with E-state index in [0.717, 1.165) is 6.29 Å². The zero-order valence-electron chi connectivity index (χ0n) is 3.91. The minimum atomic E-state index is 0.519. The minimum Gasteiger partial charge on any atom is -0.296 e. The SMILES string of the molecule is O=Cc1cncn1Br. The van der Waals surface area contributed by atoms with Gasteiger partial charge in [0.2, 0.25) is 0 Å². The number of carbonyl (C=O) groups excluding carboxylic acids is 1. The van der Waals surface area contributed by atoms with Crippen molar-refractivity contribution in [2.75, 3.05) is 0 Å². The van der Waals surface area contributed by atoms with Gasteiger partial charge in [-0.1, -0.05) is 0 Å². The average molecular weight is 175 g/mol. The molecule has 0 aliphatic carbocycles. The summed E-state index contributed by atoms with van der Waals surface area (Å²) in [4.78, 5) is 13.7. The van der Waals surface area contributed by atoms with E-state index in [9.17, 15) is 4.79 Å². The molecule has 0 aliphatic heterocycles. The highest BCUT2D eigenvalue weighted by atomic mass is 79.9. The lowest BCUT2D eigenvalue weighted by atomic mass is 10.6. The van der Waals surface area contributed by atoms with Crippen molar-refractivity contribution in [3.63, 3.8) is 0 Å². The smallest absolute Gasteiger partial charge is 0.168 e. The van der Waals surface area contributed by atoms with Crippen LogP contribution in [0.4, 0.5) is 0 Å². The van der Waals surface area contributed by atoms with E-state index >= 15 is 0 Å². The Morgan fingerprint density at radius 3 is 2.88 bits per heavy atom. The summed E-state index contributed by atoms with van der Waals surface area (Å²) in [5.41, 5.74) is 0.519. The van der Waals surface area contributed by atoms with E-state index in [2.05, 4.69) is 21.1 Å². The summed E-state index contributed by atoms with van der Waals surface area (Å²) in [6.07, 6.45) is 3.70. The van der Waals surface area contributed by atoms with Gasteiger partial charge in [-0.2, -0.15) is 0 Å². The van der Waals surface area contributed by atoms with E-state index in [1.54, 1.807) is 0 Å². The topological polar surface area (TPSA) is 34.9 Å². The molecule has 0 atom stereocenters. The maximum Gasteiger partial charge on any atom is 0.168 e. The highest BCUT2D eigenvalue weighted by Crippen LogP contribution is 1.97. The molecular weight excluding hydrogens is 172 g/mol. The lowest BCUT2D eigenvalue weighted by molar-refractivity contribution is 0.111. The van der Waals surface area contributed by atoms with Gasteiger partial charge in [0.05, 0.1) is 22.3 Å². The predicted octanol–water partition coefficient (Wildman–Crippen LogP) is 0.854. The van der Waals surface area contributed by atoms with Crippen molar-refractivity contribution in [1.29, 1.82) is 0 Å². The van der Waals surface area contributed by atoms with Crippen LogP contribution < -0.4 is 0 Å². The Morgan fingerprint density at radius 1 is 1.88 bits per heavy atom. The number of hydrogen-bond acceptors (Lipinski definition) is 2. The fourth-order valence-corrected chi connectivity index (χ4v) is 0.652. The van der Waals surface area contributed by atoms with Crippen molar-refractivity contribution in [3.8, 4) is 0 Å². The van der Waals surface area contributed by atoms with Crippen molar-refractivity contribution in [2.45, 2.75) is 0 Å². The van der Waals surface area contributed by atoms with E-state index in [-0.39, 0.29) is 0 Å². The molecule has 1 aromatic rings. The van der Waals surface area contributed by atoms with Crippen LogP contribution in [0.1, 0.15) is 10.5 Å². The van der Waals surface area contributed by atoms with Gasteiger partial charge in [0.15, 0.2) is 6.29 Å². The van der Waals surface area contributed by atoms with Crippen LogP contribution in [0.25, 0.3) is 0 Å². The Bertz CT molecular complexity index is 196. The van der Waals surface area contributed by atoms with Crippen molar-refractivity contribution in [3.05, 3.63) is 18.2 Å². The van der Waals surface area contributed by atoms with Gasteiger partial charge < -0.3 is 0 Å². The Hall–Kier alpha value is -0.640. The number of imidazole rings is 1. The molecule has 0 radical (unpaired) electrons. The van der Waals surface area contributed by atoms with E-state index in [0.29, 0.717) is 5.69 Å². The second kappa shape index (κ2) is 2.09. The number of rotatable bonds is 1. The van der Waals surface area contributed by atoms with E-state index in [1.807, 2.05) is 0 Å². The van der Waals surface area contributed by atoms with Crippen molar-refractivity contribution in [1.82, 2.24) is 8.58 Å². The molecule has 0 aromatic carbocycles. The molecule has 42 valence electrons. The second-order valence-electron chi connectivity index (χ2n) is 1.25. The lowest BCUT2D eigenvalue weighted by Crippen LogP contribution is -1.82. The molecule has 0 spiro atoms. The highest BCUT2D eigenvalue weighted by molar-refractivity contribution is 9.08. The molecule has 3 nitrogen and oxygen atoms in total. The average Bonchev–Trinajstić information content (AvgIpc) is 2.14. The van der Waals surface area contributed by atoms with Crippen molar-refractivity contribution in [2.24, 2.45) is 0 Å². The minimum absolute atomic E-state index is 0.519. The van der Waals surface area contributed by atoms with Gasteiger partial charge in [-0.15, -0.1) is 0 Å². The van der Waals surface area contributed by atoms with Crippen LogP contribution in [0.15, 0.2) is 12.5 Å². The summed E-state index contributed by atoms with van der Waals surface area (Å²) >= 11 is 3.05. The molecule has 1 rings (SSSR count). The molecular formula is C4H3BrN2O. The van der Waals surface area contributed by atoms with Gasteiger partial charge in [0.25, 0.3) is 0 Å². The van der Waals surface area contributed by atoms with E-state index in [4.69, 9.17) is 0 Å². The van der Waals surface area contributed by atoms with Gasteiger partial charge in [-0.05, 0) is 0 Å². The molecule has 4 heteroatoms. The number of aldehydes is 1. The first-order valence-electron chi connectivity index (χ1n) is 1.98. The quantitative estimate of drug-likeness (QED) is 0.593. The molecule has 0 N–H and O–H groups in total. The third-order valence-electron chi connectivity index (χ3n) is 0.742. The number of hydrogen-bond donors (Lipinski definition) is 0. The molecule has 1 heterocycles. The first kappa shape index (κ1) is 5.50. The Morgan fingerprint density at radius 2 is 2.62 bits per heavy atom. The standard InChI is InChI=1S/C4H3BrN2O/c5-7-3-6-1-4(7)2-8/h1-3H. The van der Waals surface area contributed by atoms with Crippen LogP contribution in [-0.4, -0.2) is 14.9 Å². The molecule has 0 amide bonds. The maximum atomic E-state index is 10.00. The molecule has 0 saturated heterocycles. The largest absolute Gasteiger partial charge is 0.296 e. The summed E-state index contributed by atoms with van der Waals surface area (Å²) in [5.74, 6) is 0. The van der Waals surface area contributed by atoms with Gasteiger partial charge >= 0.3 is 0 Å². The Balaban J connectivity index is 3.09. The first-order chi connectivity index (χ1) is 3.84. The maximum absolute atomic E-state index is 10.00. The van der Waals surface area contributed by atoms with Crippen LogP contribution in [0.5, 0.6) is 0 Å². The third kappa shape index (κ3) is 0.790. The summed E-state index contributed by atoms with van der Waals surface area (Å²) in [6, 6.07) is 0. The lowest BCUT2D eigenvalue weighted by Gasteiger charge is -1.82. The summed E-state index contributed by atoms with van der Waals surface area (Å²) in [5, 5.41) is 0. The van der Waals surface area contributed by atoms with E-state index in [1.165, 1.54) is 16.1 Å². The van der Waals surface area contributed by atoms with Gasteiger partial charge in [0.1, 0.15) is 12.0 Å². The molecule has 8 heavy (non-hydrogen) atoms. The molecule has 1 aromatic heterocycles. The number of carbonyl (C=O) groups is 1. The number of halogens is 1. The Kier molecular flexibility index (Phi) is 1.43. The van der Waals surface area contributed by atoms with Gasteiger partial charge in [-0.3, -0.25) is 8.39 Å². The summed E-state index contributed by atoms with van der Waals surface area (Å²) in [6.45, 7) is 0. The van der Waals surface area contributed by atoms with Crippen molar-refractivity contribution < 1.29 is 4.79 Å². The van der Waals surface area contributed by atoms with Gasteiger partial charge in [0, 0.05) is 0 Å². The van der Waals surface area contributed by atoms with Gasteiger partial charge in [-0.25, -0.2) is 4.98 Å². The number of aromatic nitrogens is 2. The van der Waals surface area contributed by atoms with Crippen LogP contribution in [-0.2, 0) is 0 Å². The fraction of sp³-hybridized carbons (Fsp3) is 0. The van der Waals surface area contributed by atoms with Crippen LogP contribution >= 0.6 is 16.1 Å². The predicted molar refractivity (Wildman–Crippen MR) is 31.9 cm³/mol. The third-order valence-corrected chi connectivity index (χ3v) is 1.33. The van der Waals surface area contributed by atoms with Crippen LogP contribution in [0.2, 0.25) is 0 Å². The number of nitrogens with zero attached hydrogens (tertiary/aromatic N) is 2. The molecule has 0 bridgehead atoms. The summed E-state index contributed by atoms with van der Waals surface area (Å²) < 4.78 is 1.47. The van der Waals surface area contributed by atoms with Crippen LogP contribution in [0.3, 0.4) is 0 Å². The zero-order chi connectivity index (χ0) is 5.98. The fourth-order valence-electron chi connectivity index (χ4n) is 0.371.